The maximum absolute atomic E-state index is 12.5. The first kappa shape index (κ1) is 17.1. The Kier molecular flexibility index (Phi) is 6.75. The lowest BCUT2D eigenvalue weighted by molar-refractivity contribution is -0.138. The predicted molar refractivity (Wildman–Crippen MR) is 89.2 cm³/mol. The van der Waals surface area contributed by atoms with Gasteiger partial charge in [0.25, 0.3) is 0 Å². The highest BCUT2D eigenvalue weighted by Crippen LogP contribution is 2.10. The maximum atomic E-state index is 12.5. The van der Waals surface area contributed by atoms with E-state index in [2.05, 4.69) is 4.98 Å². The summed E-state index contributed by atoms with van der Waals surface area (Å²) in [5, 5.41) is 10.7. The molecule has 0 aliphatic rings. The van der Waals surface area contributed by atoms with Crippen LogP contribution in [0, 0.1) is 0 Å². The van der Waals surface area contributed by atoms with E-state index < -0.39 is 5.97 Å². The van der Waals surface area contributed by atoms with Gasteiger partial charge in [-0.25, -0.2) is 4.98 Å². The lowest BCUT2D eigenvalue weighted by atomic mass is 10.1. The molecule has 0 saturated carbocycles. The Morgan fingerprint density at radius 2 is 1.96 bits per heavy atom. The number of carboxylic acids is 1. The van der Waals surface area contributed by atoms with Gasteiger partial charge >= 0.3 is 5.97 Å². The largest absolute Gasteiger partial charge is 0.481 e. The van der Waals surface area contributed by atoms with Crippen LogP contribution in [0.15, 0.2) is 41.2 Å². The number of carbonyl (C=O) groups excluding carboxylic acids is 1. The summed E-state index contributed by atoms with van der Waals surface area (Å²) in [4.78, 5) is 29.1. The van der Waals surface area contributed by atoms with E-state index in [1.54, 1.807) is 10.4 Å². The highest BCUT2D eigenvalue weighted by atomic mass is 32.1. The lowest BCUT2D eigenvalue weighted by Crippen LogP contribution is -2.32. The number of carbonyl (C=O) groups is 2. The number of benzene rings is 1. The van der Waals surface area contributed by atoms with Gasteiger partial charge < -0.3 is 10.0 Å². The monoisotopic (exact) mass is 332 g/mol. The molecule has 1 aromatic heterocycles. The second-order valence-corrected chi connectivity index (χ2v) is 6.00. The first-order chi connectivity index (χ1) is 11.1. The van der Waals surface area contributed by atoms with Crippen molar-refractivity contribution < 1.29 is 14.7 Å². The van der Waals surface area contributed by atoms with Gasteiger partial charge in [-0.3, -0.25) is 9.59 Å². The molecule has 1 amide bonds. The maximum Gasteiger partial charge on any atom is 0.303 e. The first-order valence-corrected chi connectivity index (χ1v) is 8.50. The first-order valence-electron chi connectivity index (χ1n) is 7.55. The van der Waals surface area contributed by atoms with Crippen LogP contribution >= 0.6 is 11.3 Å². The van der Waals surface area contributed by atoms with Gasteiger partial charge in [-0.05, 0) is 18.4 Å². The molecule has 0 aliphatic heterocycles. The normalized spacial score (nSPS) is 10.4. The van der Waals surface area contributed by atoms with Crippen molar-refractivity contribution >= 4 is 23.2 Å². The second-order valence-electron chi connectivity index (χ2n) is 5.28. The quantitative estimate of drug-likeness (QED) is 0.766. The van der Waals surface area contributed by atoms with Crippen LogP contribution < -0.4 is 0 Å². The number of rotatable bonds is 9. The smallest absolute Gasteiger partial charge is 0.303 e. The molecule has 23 heavy (non-hydrogen) atoms. The summed E-state index contributed by atoms with van der Waals surface area (Å²) in [5.74, 6) is -0.799. The van der Waals surface area contributed by atoms with Crippen molar-refractivity contribution in [2.45, 2.75) is 32.2 Å². The van der Waals surface area contributed by atoms with Crippen molar-refractivity contribution in [2.75, 3.05) is 6.54 Å². The molecule has 1 aromatic carbocycles. The van der Waals surface area contributed by atoms with Crippen molar-refractivity contribution in [3.63, 3.8) is 0 Å². The lowest BCUT2D eigenvalue weighted by Gasteiger charge is -2.22. The number of hydrogen-bond donors (Lipinski definition) is 1. The number of carboxylic acid groups (broad SMARTS) is 1. The Morgan fingerprint density at radius 3 is 2.61 bits per heavy atom. The molecule has 2 aromatic rings. The van der Waals surface area contributed by atoms with E-state index in [4.69, 9.17) is 5.11 Å². The standard InChI is InChI=1S/C17H20N2O3S/c20-16(9-8-15-12-23-13-18-15)19(10-4-7-17(21)22)11-14-5-2-1-3-6-14/h1-3,5-6,12-13H,4,7-11H2,(H,21,22). The van der Waals surface area contributed by atoms with Crippen LogP contribution in [0.1, 0.15) is 30.5 Å². The average molecular weight is 332 g/mol. The molecule has 5 nitrogen and oxygen atoms in total. The molecule has 1 N–H and O–H groups in total. The number of hydrogen-bond acceptors (Lipinski definition) is 4. The zero-order valence-electron chi connectivity index (χ0n) is 12.9. The van der Waals surface area contributed by atoms with Gasteiger partial charge in [-0.1, -0.05) is 30.3 Å². The number of aromatic nitrogens is 1. The van der Waals surface area contributed by atoms with E-state index in [9.17, 15) is 9.59 Å². The van der Waals surface area contributed by atoms with Crippen molar-refractivity contribution in [3.05, 3.63) is 52.5 Å². The van der Waals surface area contributed by atoms with Crippen LogP contribution in [0.25, 0.3) is 0 Å². The van der Waals surface area contributed by atoms with E-state index in [0.29, 0.717) is 32.4 Å². The van der Waals surface area contributed by atoms with Gasteiger partial charge in [0, 0.05) is 31.3 Å². The van der Waals surface area contributed by atoms with Crippen LogP contribution in [0.2, 0.25) is 0 Å². The Morgan fingerprint density at radius 1 is 1.17 bits per heavy atom. The van der Waals surface area contributed by atoms with Crippen LogP contribution in [-0.2, 0) is 22.6 Å². The molecule has 122 valence electrons. The van der Waals surface area contributed by atoms with E-state index in [0.717, 1.165) is 11.3 Å². The molecule has 1 heterocycles. The molecule has 2 rings (SSSR count). The molecule has 6 heteroatoms. The zero-order chi connectivity index (χ0) is 16.5. The minimum atomic E-state index is -0.834. The molecule has 0 radical (unpaired) electrons. The third-order valence-electron chi connectivity index (χ3n) is 3.47. The zero-order valence-corrected chi connectivity index (χ0v) is 13.7. The van der Waals surface area contributed by atoms with Crippen LogP contribution in [0.4, 0.5) is 0 Å². The molecular weight excluding hydrogens is 312 g/mol. The van der Waals surface area contributed by atoms with Crippen LogP contribution in [0.3, 0.4) is 0 Å². The fourth-order valence-electron chi connectivity index (χ4n) is 2.27. The van der Waals surface area contributed by atoms with Gasteiger partial charge in [0.1, 0.15) is 0 Å². The number of aryl methyl sites for hydroxylation is 1. The fourth-order valence-corrected chi connectivity index (χ4v) is 2.86. The van der Waals surface area contributed by atoms with Crippen molar-refractivity contribution in [2.24, 2.45) is 0 Å². The molecular formula is C17H20N2O3S. The Hall–Kier alpha value is -2.21. The number of nitrogens with zero attached hydrogens (tertiary/aromatic N) is 2. The molecule has 0 aliphatic carbocycles. The summed E-state index contributed by atoms with van der Waals surface area (Å²) < 4.78 is 0. The van der Waals surface area contributed by atoms with Crippen molar-refractivity contribution in [3.8, 4) is 0 Å². The summed E-state index contributed by atoms with van der Waals surface area (Å²) in [7, 11) is 0. The number of aliphatic carboxylic acids is 1. The molecule has 0 spiro atoms. The molecule has 0 atom stereocenters. The van der Waals surface area contributed by atoms with E-state index in [1.807, 2.05) is 35.7 Å². The Labute approximate surface area is 139 Å². The van der Waals surface area contributed by atoms with E-state index in [1.165, 1.54) is 11.3 Å². The van der Waals surface area contributed by atoms with Crippen molar-refractivity contribution in [1.29, 1.82) is 0 Å². The van der Waals surface area contributed by atoms with Crippen LogP contribution in [0.5, 0.6) is 0 Å². The topological polar surface area (TPSA) is 70.5 Å². The third-order valence-corrected chi connectivity index (χ3v) is 4.10. The Bertz CT molecular complexity index is 614. The van der Waals surface area contributed by atoms with Gasteiger partial charge in [0.05, 0.1) is 11.2 Å². The fraction of sp³-hybridized carbons (Fsp3) is 0.353. The average Bonchev–Trinajstić information content (AvgIpc) is 3.06. The van der Waals surface area contributed by atoms with Crippen LogP contribution in [-0.4, -0.2) is 33.4 Å². The highest BCUT2D eigenvalue weighted by Gasteiger charge is 2.15. The predicted octanol–water partition coefficient (Wildman–Crippen LogP) is 2.97. The highest BCUT2D eigenvalue weighted by molar-refractivity contribution is 7.07. The Balaban J connectivity index is 1.93. The SMILES string of the molecule is O=C(O)CCCN(Cc1ccccc1)C(=O)CCc1cscn1. The summed E-state index contributed by atoms with van der Waals surface area (Å²) in [6.45, 7) is 0.966. The van der Waals surface area contributed by atoms with Gasteiger partial charge in [0.2, 0.25) is 5.91 Å². The summed E-state index contributed by atoms with van der Waals surface area (Å²) >= 11 is 1.52. The third kappa shape index (κ3) is 6.20. The molecule has 0 saturated heterocycles. The number of thiazole rings is 1. The minimum Gasteiger partial charge on any atom is -0.481 e. The van der Waals surface area contributed by atoms with E-state index in [-0.39, 0.29) is 12.3 Å². The van der Waals surface area contributed by atoms with E-state index >= 15 is 0 Å². The van der Waals surface area contributed by atoms with Gasteiger partial charge in [-0.15, -0.1) is 11.3 Å². The summed E-state index contributed by atoms with van der Waals surface area (Å²) in [6, 6.07) is 9.74. The molecule has 0 unspecified atom stereocenters. The van der Waals surface area contributed by atoms with Crippen molar-refractivity contribution in [1.82, 2.24) is 9.88 Å². The second kappa shape index (κ2) is 9.05. The summed E-state index contributed by atoms with van der Waals surface area (Å²) in [5.41, 5.74) is 3.73. The number of amides is 1. The van der Waals surface area contributed by atoms with Gasteiger partial charge in [0.15, 0.2) is 0 Å². The molecule has 0 bridgehead atoms. The summed E-state index contributed by atoms with van der Waals surface area (Å²) in [6.07, 6.45) is 1.55. The molecule has 0 fully saturated rings. The van der Waals surface area contributed by atoms with Gasteiger partial charge in [-0.2, -0.15) is 0 Å². The minimum absolute atomic E-state index is 0.0345.